The van der Waals surface area contributed by atoms with Crippen molar-refractivity contribution in [2.45, 2.75) is 6.18 Å². The fourth-order valence-electron chi connectivity index (χ4n) is 1.74. The zero-order valence-electron chi connectivity index (χ0n) is 10.4. The summed E-state index contributed by atoms with van der Waals surface area (Å²) in [5.41, 5.74) is -0.218. The molecule has 1 aromatic heterocycles. The highest BCUT2D eigenvalue weighted by Crippen LogP contribution is 2.33. The van der Waals surface area contributed by atoms with Crippen molar-refractivity contribution < 1.29 is 22.7 Å². The van der Waals surface area contributed by atoms with Gasteiger partial charge in [0.15, 0.2) is 0 Å². The molecule has 0 unspecified atom stereocenters. The second kappa shape index (κ2) is 5.32. The summed E-state index contributed by atoms with van der Waals surface area (Å²) in [5, 5.41) is 0. The molecular weight excluding hydrogens is 271 g/mol. The third kappa shape index (κ3) is 2.96. The fourth-order valence-corrected chi connectivity index (χ4v) is 1.74. The molecule has 6 heteroatoms. The Bertz CT molecular complexity index is 639. The van der Waals surface area contributed by atoms with Gasteiger partial charge in [-0.15, -0.1) is 0 Å². The third-order valence-corrected chi connectivity index (χ3v) is 2.70. The van der Waals surface area contributed by atoms with Crippen LogP contribution >= 0.6 is 0 Å². The van der Waals surface area contributed by atoms with Crippen LogP contribution in [0.1, 0.15) is 15.9 Å². The molecule has 1 aromatic carbocycles. The number of hydrogen-bond donors (Lipinski definition) is 0. The second-order valence-corrected chi connectivity index (χ2v) is 4.07. The van der Waals surface area contributed by atoms with Crippen LogP contribution in [0.3, 0.4) is 0 Å². The van der Waals surface area contributed by atoms with Gasteiger partial charge >= 0.3 is 6.18 Å². The lowest BCUT2D eigenvalue weighted by Gasteiger charge is -2.10. The van der Waals surface area contributed by atoms with Gasteiger partial charge in [-0.3, -0.25) is 9.78 Å². The number of rotatable bonds is 3. The molecule has 2 aromatic rings. The third-order valence-electron chi connectivity index (χ3n) is 2.70. The highest BCUT2D eigenvalue weighted by Gasteiger charge is 2.31. The lowest BCUT2D eigenvalue weighted by molar-refractivity contribution is -0.137. The number of methoxy groups -OCH3 is 1. The number of hydrogen-bond acceptors (Lipinski definition) is 3. The number of halogens is 3. The minimum absolute atomic E-state index is 0.0438. The van der Waals surface area contributed by atoms with Gasteiger partial charge in [-0.2, -0.15) is 13.2 Å². The van der Waals surface area contributed by atoms with E-state index in [1.54, 1.807) is 6.07 Å². The Morgan fingerprint density at radius 3 is 2.45 bits per heavy atom. The zero-order valence-corrected chi connectivity index (χ0v) is 10.4. The Hall–Kier alpha value is -2.37. The predicted octanol–water partition coefficient (Wildman–Crippen LogP) is 3.59. The molecule has 3 nitrogen and oxygen atoms in total. The molecule has 0 radical (unpaired) electrons. The number of ether oxygens (including phenoxy) is 1. The van der Waals surface area contributed by atoms with E-state index in [0.717, 1.165) is 12.1 Å². The second-order valence-electron chi connectivity index (χ2n) is 4.07. The van der Waals surface area contributed by atoms with Crippen molar-refractivity contribution >= 4 is 6.29 Å². The van der Waals surface area contributed by atoms with Crippen LogP contribution in [-0.2, 0) is 6.18 Å². The molecule has 0 amide bonds. The normalized spacial score (nSPS) is 11.2. The maximum absolute atomic E-state index is 12.8. The van der Waals surface area contributed by atoms with Gasteiger partial charge in [0.1, 0.15) is 12.0 Å². The monoisotopic (exact) mass is 281 g/mol. The number of aldehydes is 1. The molecule has 0 saturated heterocycles. The molecule has 0 aliphatic heterocycles. The van der Waals surface area contributed by atoms with Crippen molar-refractivity contribution in [1.29, 1.82) is 0 Å². The quantitative estimate of drug-likeness (QED) is 0.807. The van der Waals surface area contributed by atoms with E-state index >= 15 is 0 Å². The minimum Gasteiger partial charge on any atom is -0.495 e. The number of nitrogens with zero attached hydrogens (tertiary/aromatic N) is 1. The van der Waals surface area contributed by atoms with Crippen molar-refractivity contribution in [3.63, 3.8) is 0 Å². The first-order valence-electron chi connectivity index (χ1n) is 5.61. The maximum atomic E-state index is 12.8. The Kier molecular flexibility index (Phi) is 3.74. The molecule has 0 spiro atoms. The molecule has 0 N–H and O–H groups in total. The summed E-state index contributed by atoms with van der Waals surface area (Å²) in [6, 6.07) is 4.71. The summed E-state index contributed by atoms with van der Waals surface area (Å²) >= 11 is 0. The SMILES string of the molecule is COc1cncc(-c2cc(C=O)cc(C(F)(F)F)c2)c1. The fraction of sp³-hybridized carbons (Fsp3) is 0.143. The lowest BCUT2D eigenvalue weighted by Crippen LogP contribution is -2.06. The lowest BCUT2D eigenvalue weighted by atomic mass is 10.0. The Balaban J connectivity index is 2.58. The van der Waals surface area contributed by atoms with Crippen molar-refractivity contribution in [3.8, 4) is 16.9 Å². The summed E-state index contributed by atoms with van der Waals surface area (Å²) < 4.78 is 43.3. The average molecular weight is 281 g/mol. The molecule has 0 aliphatic carbocycles. The Labute approximate surface area is 113 Å². The molecule has 1 heterocycles. The molecular formula is C14H10F3NO2. The summed E-state index contributed by atoms with van der Waals surface area (Å²) in [6.07, 6.45) is -1.28. The van der Waals surface area contributed by atoms with Crippen LogP contribution in [0.4, 0.5) is 13.2 Å². The van der Waals surface area contributed by atoms with E-state index in [9.17, 15) is 18.0 Å². The van der Waals surface area contributed by atoms with Crippen LogP contribution < -0.4 is 4.74 Å². The summed E-state index contributed by atoms with van der Waals surface area (Å²) in [5.74, 6) is 0.424. The van der Waals surface area contributed by atoms with Crippen LogP contribution in [0.2, 0.25) is 0 Å². The zero-order chi connectivity index (χ0) is 14.8. The van der Waals surface area contributed by atoms with E-state index in [-0.39, 0.29) is 11.1 Å². The van der Waals surface area contributed by atoms with E-state index < -0.39 is 11.7 Å². The highest BCUT2D eigenvalue weighted by molar-refractivity contribution is 5.79. The van der Waals surface area contributed by atoms with E-state index in [4.69, 9.17) is 4.74 Å². The number of carbonyl (C=O) groups is 1. The molecule has 2 rings (SSSR count). The van der Waals surface area contributed by atoms with Gasteiger partial charge in [-0.05, 0) is 29.8 Å². The summed E-state index contributed by atoms with van der Waals surface area (Å²) in [4.78, 5) is 14.7. The van der Waals surface area contributed by atoms with Crippen LogP contribution in [0.5, 0.6) is 5.75 Å². The smallest absolute Gasteiger partial charge is 0.416 e. The van der Waals surface area contributed by atoms with E-state index in [0.29, 0.717) is 17.6 Å². The maximum Gasteiger partial charge on any atom is 0.416 e. The van der Waals surface area contributed by atoms with E-state index in [2.05, 4.69) is 4.98 Å². The summed E-state index contributed by atoms with van der Waals surface area (Å²) in [6.45, 7) is 0. The van der Waals surface area contributed by atoms with Gasteiger partial charge in [0.05, 0.1) is 18.9 Å². The van der Waals surface area contributed by atoms with Gasteiger partial charge in [-0.1, -0.05) is 0 Å². The molecule has 0 bridgehead atoms. The summed E-state index contributed by atoms with van der Waals surface area (Å²) in [7, 11) is 1.43. The largest absolute Gasteiger partial charge is 0.495 e. The molecule has 0 aliphatic rings. The van der Waals surface area contributed by atoms with Crippen LogP contribution in [0.25, 0.3) is 11.1 Å². The first-order chi connectivity index (χ1) is 9.44. The van der Waals surface area contributed by atoms with Crippen molar-refractivity contribution in [2.75, 3.05) is 7.11 Å². The Morgan fingerprint density at radius 2 is 1.85 bits per heavy atom. The minimum atomic E-state index is -4.51. The van der Waals surface area contributed by atoms with Crippen molar-refractivity contribution in [3.05, 3.63) is 47.8 Å². The first-order valence-corrected chi connectivity index (χ1v) is 5.61. The molecule has 104 valence electrons. The molecule has 0 atom stereocenters. The van der Waals surface area contributed by atoms with Gasteiger partial charge in [-0.25, -0.2) is 0 Å². The molecule has 0 saturated carbocycles. The standard InChI is InChI=1S/C14H10F3NO2/c1-20-13-5-11(6-18-7-13)10-2-9(8-19)3-12(4-10)14(15,16)17/h2-8H,1H3. The van der Waals surface area contributed by atoms with Crippen LogP contribution in [0, 0.1) is 0 Å². The number of alkyl halides is 3. The van der Waals surface area contributed by atoms with E-state index in [1.165, 1.54) is 25.6 Å². The van der Waals surface area contributed by atoms with Crippen LogP contribution in [-0.4, -0.2) is 18.4 Å². The van der Waals surface area contributed by atoms with Gasteiger partial charge in [0.2, 0.25) is 0 Å². The van der Waals surface area contributed by atoms with Crippen molar-refractivity contribution in [2.24, 2.45) is 0 Å². The predicted molar refractivity (Wildman–Crippen MR) is 66.6 cm³/mol. The number of aromatic nitrogens is 1. The van der Waals surface area contributed by atoms with Crippen molar-refractivity contribution in [1.82, 2.24) is 4.98 Å². The molecule has 20 heavy (non-hydrogen) atoms. The Morgan fingerprint density at radius 1 is 1.10 bits per heavy atom. The van der Waals surface area contributed by atoms with E-state index in [1.807, 2.05) is 0 Å². The number of benzene rings is 1. The topological polar surface area (TPSA) is 39.2 Å². The van der Waals surface area contributed by atoms with Gasteiger partial charge in [0, 0.05) is 17.3 Å². The van der Waals surface area contributed by atoms with Gasteiger partial charge < -0.3 is 4.74 Å². The van der Waals surface area contributed by atoms with Crippen LogP contribution in [0.15, 0.2) is 36.7 Å². The number of pyridine rings is 1. The average Bonchev–Trinajstić information content (AvgIpc) is 2.46. The highest BCUT2D eigenvalue weighted by atomic mass is 19.4. The van der Waals surface area contributed by atoms with Gasteiger partial charge in [0.25, 0.3) is 0 Å². The molecule has 0 fully saturated rings. The number of carbonyl (C=O) groups excluding carboxylic acids is 1. The first kappa shape index (κ1) is 14.0.